The van der Waals surface area contributed by atoms with Crippen molar-refractivity contribution in [2.75, 3.05) is 13.1 Å². The summed E-state index contributed by atoms with van der Waals surface area (Å²) in [5.74, 6) is 0. The van der Waals surface area contributed by atoms with E-state index >= 15 is 0 Å². The van der Waals surface area contributed by atoms with Gasteiger partial charge in [0.25, 0.3) is 0 Å². The van der Waals surface area contributed by atoms with E-state index in [9.17, 15) is 0 Å². The molecule has 1 aliphatic heterocycles. The normalized spacial score (nSPS) is 32.5. The summed E-state index contributed by atoms with van der Waals surface area (Å²) in [7, 11) is 0. The number of thioether (sulfide) groups is 1. The second-order valence-corrected chi connectivity index (χ2v) is 5.80. The van der Waals surface area contributed by atoms with Gasteiger partial charge in [-0.3, -0.25) is 4.90 Å². The van der Waals surface area contributed by atoms with E-state index in [4.69, 9.17) is 5.26 Å². The van der Waals surface area contributed by atoms with E-state index in [1.165, 1.54) is 0 Å². The predicted molar refractivity (Wildman–Crippen MR) is 57.8 cm³/mol. The highest BCUT2D eigenvalue weighted by Gasteiger charge is 2.25. The van der Waals surface area contributed by atoms with Crippen LogP contribution in [-0.4, -0.2) is 34.5 Å². The molecule has 0 aliphatic carbocycles. The van der Waals surface area contributed by atoms with Gasteiger partial charge >= 0.3 is 0 Å². The largest absolute Gasteiger partial charge is 0.297 e. The van der Waals surface area contributed by atoms with E-state index in [0.29, 0.717) is 23.0 Å². The van der Waals surface area contributed by atoms with E-state index in [1.807, 2.05) is 0 Å². The van der Waals surface area contributed by atoms with E-state index in [-0.39, 0.29) is 0 Å². The second kappa shape index (κ2) is 4.88. The maximum Gasteiger partial charge on any atom is 0.0638 e. The first-order valence-corrected chi connectivity index (χ1v) is 5.84. The van der Waals surface area contributed by atoms with Gasteiger partial charge in [-0.05, 0) is 6.92 Å². The number of nitriles is 1. The Bertz CT molecular complexity index is 190. The zero-order valence-corrected chi connectivity index (χ0v) is 9.47. The fourth-order valence-corrected chi connectivity index (χ4v) is 3.19. The average Bonchev–Trinajstić information content (AvgIpc) is 2.03. The maximum atomic E-state index is 8.62. The van der Waals surface area contributed by atoms with Gasteiger partial charge in [0, 0.05) is 29.6 Å². The van der Waals surface area contributed by atoms with Gasteiger partial charge in [-0.25, -0.2) is 0 Å². The number of nitrogens with zero attached hydrogens (tertiary/aromatic N) is 2. The Hall–Kier alpha value is -0.200. The van der Waals surface area contributed by atoms with Crippen LogP contribution in [0.2, 0.25) is 0 Å². The fourth-order valence-electron chi connectivity index (χ4n) is 1.84. The molecule has 0 aromatic carbocycles. The minimum atomic E-state index is 0.427. The number of hydrogen-bond donors (Lipinski definition) is 0. The molecule has 0 N–H and O–H groups in total. The molecular formula is C10H18N2S. The zero-order valence-electron chi connectivity index (χ0n) is 8.66. The molecule has 3 atom stereocenters. The molecule has 0 radical (unpaired) electrons. The van der Waals surface area contributed by atoms with E-state index < -0.39 is 0 Å². The number of rotatable bonds is 2. The van der Waals surface area contributed by atoms with E-state index in [1.54, 1.807) is 0 Å². The first kappa shape index (κ1) is 10.9. The molecule has 1 rings (SSSR count). The summed E-state index contributed by atoms with van der Waals surface area (Å²) in [6.07, 6.45) is 0.657. The predicted octanol–water partition coefficient (Wildman–Crippen LogP) is 2.11. The molecule has 0 amide bonds. The van der Waals surface area contributed by atoms with Crippen LogP contribution in [0.3, 0.4) is 0 Å². The molecule has 1 saturated heterocycles. The lowest BCUT2D eigenvalue weighted by molar-refractivity contribution is 0.209. The van der Waals surface area contributed by atoms with E-state index in [0.717, 1.165) is 13.1 Å². The monoisotopic (exact) mass is 198 g/mol. The smallest absolute Gasteiger partial charge is 0.0638 e. The van der Waals surface area contributed by atoms with Crippen LogP contribution >= 0.6 is 11.8 Å². The Morgan fingerprint density at radius 3 is 2.46 bits per heavy atom. The highest BCUT2D eigenvalue weighted by atomic mass is 32.2. The molecule has 0 saturated carbocycles. The Morgan fingerprint density at radius 1 is 1.46 bits per heavy atom. The SMILES string of the molecule is CC1CN(C(C)CC#N)CC(C)S1. The van der Waals surface area contributed by atoms with Gasteiger partial charge in [0.1, 0.15) is 0 Å². The molecule has 0 aromatic heterocycles. The quantitative estimate of drug-likeness (QED) is 0.680. The van der Waals surface area contributed by atoms with Crippen molar-refractivity contribution in [2.45, 2.75) is 43.7 Å². The molecule has 3 unspecified atom stereocenters. The van der Waals surface area contributed by atoms with Gasteiger partial charge < -0.3 is 0 Å². The first-order valence-electron chi connectivity index (χ1n) is 4.90. The zero-order chi connectivity index (χ0) is 9.84. The molecule has 1 heterocycles. The third-order valence-corrected chi connectivity index (χ3v) is 3.69. The Morgan fingerprint density at radius 2 is 2.00 bits per heavy atom. The van der Waals surface area contributed by atoms with Crippen molar-refractivity contribution >= 4 is 11.8 Å². The Labute approximate surface area is 85.3 Å². The lowest BCUT2D eigenvalue weighted by Crippen LogP contribution is -2.45. The van der Waals surface area contributed by atoms with Crippen LogP contribution < -0.4 is 0 Å². The third-order valence-electron chi connectivity index (χ3n) is 2.46. The summed E-state index contributed by atoms with van der Waals surface area (Å²) in [5, 5.41) is 10.0. The van der Waals surface area contributed by atoms with Crippen LogP contribution in [0.15, 0.2) is 0 Å². The van der Waals surface area contributed by atoms with Crippen molar-refractivity contribution < 1.29 is 0 Å². The average molecular weight is 198 g/mol. The fraction of sp³-hybridized carbons (Fsp3) is 0.900. The second-order valence-electron chi connectivity index (χ2n) is 3.92. The Balaban J connectivity index is 2.45. The van der Waals surface area contributed by atoms with Crippen LogP contribution in [0.4, 0.5) is 0 Å². The molecule has 0 spiro atoms. The Kier molecular flexibility index (Phi) is 4.08. The van der Waals surface area contributed by atoms with Gasteiger partial charge in [0.15, 0.2) is 0 Å². The number of hydrogen-bond acceptors (Lipinski definition) is 3. The molecular weight excluding hydrogens is 180 g/mol. The summed E-state index contributed by atoms with van der Waals surface area (Å²) < 4.78 is 0. The van der Waals surface area contributed by atoms with Crippen LogP contribution in [0.1, 0.15) is 27.2 Å². The summed E-state index contributed by atoms with van der Waals surface area (Å²) in [5.41, 5.74) is 0. The summed E-state index contributed by atoms with van der Waals surface area (Å²) in [4.78, 5) is 2.44. The standard InChI is InChI=1S/C10H18N2S/c1-8(4-5-11)12-6-9(2)13-10(3)7-12/h8-10H,4,6-7H2,1-3H3. The van der Waals surface area contributed by atoms with Crippen LogP contribution in [0.5, 0.6) is 0 Å². The first-order chi connectivity index (χ1) is 6.13. The van der Waals surface area contributed by atoms with Crippen LogP contribution in [0, 0.1) is 11.3 Å². The summed E-state index contributed by atoms with van der Waals surface area (Å²) >= 11 is 2.06. The molecule has 1 fully saturated rings. The van der Waals surface area contributed by atoms with Crippen molar-refractivity contribution in [3.8, 4) is 6.07 Å². The molecule has 13 heavy (non-hydrogen) atoms. The molecule has 1 aliphatic rings. The summed E-state index contributed by atoms with van der Waals surface area (Å²) in [6.45, 7) is 8.97. The lowest BCUT2D eigenvalue weighted by Gasteiger charge is -2.37. The van der Waals surface area contributed by atoms with Gasteiger partial charge in [-0.15, -0.1) is 0 Å². The maximum absolute atomic E-state index is 8.62. The van der Waals surface area contributed by atoms with Crippen LogP contribution in [0.25, 0.3) is 0 Å². The molecule has 2 nitrogen and oxygen atoms in total. The highest BCUT2D eigenvalue weighted by Crippen LogP contribution is 2.26. The lowest BCUT2D eigenvalue weighted by atomic mass is 10.2. The molecule has 3 heteroatoms. The van der Waals surface area contributed by atoms with Gasteiger partial charge in [-0.2, -0.15) is 17.0 Å². The van der Waals surface area contributed by atoms with Crippen molar-refractivity contribution in [2.24, 2.45) is 0 Å². The van der Waals surface area contributed by atoms with Crippen molar-refractivity contribution in [1.29, 1.82) is 5.26 Å². The van der Waals surface area contributed by atoms with Gasteiger partial charge in [0.2, 0.25) is 0 Å². The minimum Gasteiger partial charge on any atom is -0.297 e. The minimum absolute atomic E-state index is 0.427. The summed E-state index contributed by atoms with van der Waals surface area (Å²) in [6, 6.07) is 2.67. The van der Waals surface area contributed by atoms with Crippen molar-refractivity contribution in [3.63, 3.8) is 0 Å². The topological polar surface area (TPSA) is 27.0 Å². The van der Waals surface area contributed by atoms with Crippen LogP contribution in [-0.2, 0) is 0 Å². The van der Waals surface area contributed by atoms with E-state index in [2.05, 4.69) is 43.5 Å². The van der Waals surface area contributed by atoms with Gasteiger partial charge in [-0.1, -0.05) is 13.8 Å². The van der Waals surface area contributed by atoms with Gasteiger partial charge in [0.05, 0.1) is 12.5 Å². The third kappa shape index (κ3) is 3.21. The van der Waals surface area contributed by atoms with Crippen molar-refractivity contribution in [3.05, 3.63) is 0 Å². The van der Waals surface area contributed by atoms with Crippen molar-refractivity contribution in [1.82, 2.24) is 4.90 Å². The highest BCUT2D eigenvalue weighted by molar-refractivity contribution is 8.00. The molecule has 74 valence electrons. The molecule has 0 aromatic rings. The molecule has 0 bridgehead atoms.